The molecule has 0 radical (unpaired) electrons. The molecule has 90 valence electrons. The van der Waals surface area contributed by atoms with Gasteiger partial charge in [-0.3, -0.25) is 4.99 Å². The molecule has 0 aliphatic carbocycles. The fourth-order valence-electron chi connectivity index (χ4n) is 1.60. The molecule has 2 aromatic rings. The first-order valence-corrected chi connectivity index (χ1v) is 6.50. The van der Waals surface area contributed by atoms with Crippen molar-refractivity contribution in [1.29, 1.82) is 0 Å². The highest BCUT2D eigenvalue weighted by molar-refractivity contribution is 9.10. The van der Waals surface area contributed by atoms with Crippen LogP contribution < -0.4 is 0 Å². The van der Waals surface area contributed by atoms with Crippen LogP contribution in [0, 0.1) is 6.92 Å². The first kappa shape index (κ1) is 12.8. The molecule has 0 heterocycles. The number of rotatable bonds is 3. The van der Waals surface area contributed by atoms with Crippen LogP contribution in [0.5, 0.6) is 0 Å². The van der Waals surface area contributed by atoms with Crippen LogP contribution in [0.3, 0.4) is 0 Å². The molecule has 18 heavy (non-hydrogen) atoms. The molecule has 2 heteroatoms. The van der Waals surface area contributed by atoms with Gasteiger partial charge in [-0.2, -0.15) is 0 Å². The Kier molecular flexibility index (Phi) is 4.11. The summed E-state index contributed by atoms with van der Waals surface area (Å²) in [5, 5.41) is 0. The zero-order valence-electron chi connectivity index (χ0n) is 10.2. The van der Waals surface area contributed by atoms with Crippen molar-refractivity contribution in [1.82, 2.24) is 0 Å². The average Bonchev–Trinajstić information content (AvgIpc) is 2.40. The molecule has 0 saturated heterocycles. The minimum absolute atomic E-state index is 0.773. The van der Waals surface area contributed by atoms with Gasteiger partial charge in [0, 0.05) is 10.7 Å². The summed E-state index contributed by atoms with van der Waals surface area (Å²) >= 11 is 3.46. The lowest BCUT2D eigenvalue weighted by Crippen LogP contribution is -1.87. The molecule has 0 N–H and O–H groups in total. The van der Waals surface area contributed by atoms with Crippen LogP contribution in [-0.4, -0.2) is 6.21 Å². The lowest BCUT2D eigenvalue weighted by Gasteiger charge is -2.02. The average molecular weight is 300 g/mol. The smallest absolute Gasteiger partial charge is 0.0630 e. The standard InChI is InChI=1S/C16H14BrN/c1-12-8-9-16(17)10-15(12)11-18-13(2)14-6-4-3-5-7-14/h3-11H,2H2,1H3. The molecular formula is C16H14BrN. The van der Waals surface area contributed by atoms with Gasteiger partial charge >= 0.3 is 0 Å². The number of aliphatic imine (C=N–C) groups is 1. The number of hydrogen-bond acceptors (Lipinski definition) is 1. The summed E-state index contributed by atoms with van der Waals surface area (Å²) in [7, 11) is 0. The predicted octanol–water partition coefficient (Wildman–Crippen LogP) is 4.85. The maximum absolute atomic E-state index is 4.43. The summed E-state index contributed by atoms with van der Waals surface area (Å²) in [6.07, 6.45) is 1.86. The number of nitrogens with zero attached hydrogens (tertiary/aromatic N) is 1. The Labute approximate surface area is 116 Å². The largest absolute Gasteiger partial charge is 0.256 e. The van der Waals surface area contributed by atoms with Crippen LogP contribution in [-0.2, 0) is 0 Å². The van der Waals surface area contributed by atoms with Gasteiger partial charge in [0.2, 0.25) is 0 Å². The minimum Gasteiger partial charge on any atom is -0.256 e. The van der Waals surface area contributed by atoms with E-state index in [1.807, 2.05) is 42.6 Å². The molecule has 0 saturated carbocycles. The van der Waals surface area contributed by atoms with Crippen molar-refractivity contribution in [2.75, 3.05) is 0 Å². The highest BCUT2D eigenvalue weighted by atomic mass is 79.9. The Morgan fingerprint density at radius 3 is 2.61 bits per heavy atom. The summed E-state index contributed by atoms with van der Waals surface area (Å²) in [6.45, 7) is 6.05. The van der Waals surface area contributed by atoms with E-state index < -0.39 is 0 Å². The second kappa shape index (κ2) is 5.78. The number of hydrogen-bond donors (Lipinski definition) is 0. The molecule has 1 nitrogen and oxygen atoms in total. The van der Waals surface area contributed by atoms with E-state index in [-0.39, 0.29) is 0 Å². The molecule has 0 aliphatic rings. The van der Waals surface area contributed by atoms with E-state index in [1.165, 1.54) is 5.56 Å². The highest BCUT2D eigenvalue weighted by Crippen LogP contribution is 2.16. The van der Waals surface area contributed by atoms with Crippen LogP contribution in [0.4, 0.5) is 0 Å². The van der Waals surface area contributed by atoms with Crippen LogP contribution in [0.25, 0.3) is 5.70 Å². The van der Waals surface area contributed by atoms with Crippen molar-refractivity contribution >= 4 is 27.8 Å². The fourth-order valence-corrected chi connectivity index (χ4v) is 1.98. The van der Waals surface area contributed by atoms with Crippen molar-refractivity contribution in [2.45, 2.75) is 6.92 Å². The van der Waals surface area contributed by atoms with Gasteiger partial charge in [-0.15, -0.1) is 0 Å². The summed E-state index contributed by atoms with van der Waals surface area (Å²) in [5.41, 5.74) is 4.11. The van der Waals surface area contributed by atoms with Gasteiger partial charge in [0.1, 0.15) is 0 Å². The summed E-state index contributed by atoms with van der Waals surface area (Å²) < 4.78 is 1.06. The molecule has 0 bridgehead atoms. The van der Waals surface area contributed by atoms with Crippen LogP contribution in [0.15, 0.2) is 64.6 Å². The van der Waals surface area contributed by atoms with E-state index in [0.29, 0.717) is 0 Å². The lowest BCUT2D eigenvalue weighted by molar-refractivity contribution is 1.42. The molecule has 0 unspecified atom stereocenters. The highest BCUT2D eigenvalue weighted by Gasteiger charge is 1.97. The minimum atomic E-state index is 0.773. The molecule has 0 amide bonds. The number of aryl methyl sites for hydroxylation is 1. The quantitative estimate of drug-likeness (QED) is 0.719. The van der Waals surface area contributed by atoms with Gasteiger partial charge in [0.25, 0.3) is 0 Å². The summed E-state index contributed by atoms with van der Waals surface area (Å²) in [6, 6.07) is 16.1. The summed E-state index contributed by atoms with van der Waals surface area (Å²) in [4.78, 5) is 4.43. The monoisotopic (exact) mass is 299 g/mol. The Balaban J connectivity index is 2.21. The lowest BCUT2D eigenvalue weighted by atomic mass is 10.1. The number of halogens is 1. The second-order valence-electron chi connectivity index (χ2n) is 4.07. The maximum Gasteiger partial charge on any atom is 0.0630 e. The Bertz CT molecular complexity index is 585. The van der Waals surface area contributed by atoms with Gasteiger partial charge in [0.15, 0.2) is 0 Å². The topological polar surface area (TPSA) is 12.4 Å². The van der Waals surface area contributed by atoms with Crippen LogP contribution in [0.2, 0.25) is 0 Å². The van der Waals surface area contributed by atoms with E-state index in [2.05, 4.69) is 46.6 Å². The number of benzene rings is 2. The van der Waals surface area contributed by atoms with Gasteiger partial charge < -0.3 is 0 Å². The third kappa shape index (κ3) is 3.17. The molecule has 0 spiro atoms. The molecule has 0 aromatic heterocycles. The molecule has 0 atom stereocenters. The Morgan fingerprint density at radius 1 is 1.17 bits per heavy atom. The van der Waals surface area contributed by atoms with Gasteiger partial charge in [-0.05, 0) is 35.7 Å². The van der Waals surface area contributed by atoms with E-state index in [0.717, 1.165) is 21.3 Å². The zero-order valence-corrected chi connectivity index (χ0v) is 11.8. The second-order valence-corrected chi connectivity index (χ2v) is 4.99. The molecule has 2 aromatic carbocycles. The predicted molar refractivity (Wildman–Crippen MR) is 81.9 cm³/mol. The normalized spacial score (nSPS) is 10.8. The van der Waals surface area contributed by atoms with Crippen molar-refractivity contribution in [3.8, 4) is 0 Å². The van der Waals surface area contributed by atoms with E-state index in [9.17, 15) is 0 Å². The van der Waals surface area contributed by atoms with Crippen molar-refractivity contribution in [2.24, 2.45) is 4.99 Å². The first-order chi connectivity index (χ1) is 8.66. The van der Waals surface area contributed by atoms with Crippen molar-refractivity contribution in [3.05, 3.63) is 76.3 Å². The third-order valence-electron chi connectivity index (χ3n) is 2.71. The van der Waals surface area contributed by atoms with Gasteiger partial charge in [-0.1, -0.05) is 58.9 Å². The van der Waals surface area contributed by atoms with E-state index in [1.54, 1.807) is 0 Å². The van der Waals surface area contributed by atoms with Gasteiger partial charge in [-0.25, -0.2) is 0 Å². The molecular weight excluding hydrogens is 286 g/mol. The zero-order chi connectivity index (χ0) is 13.0. The Morgan fingerprint density at radius 2 is 1.89 bits per heavy atom. The van der Waals surface area contributed by atoms with Crippen molar-refractivity contribution < 1.29 is 0 Å². The SMILES string of the molecule is C=C(N=Cc1cc(Br)ccc1C)c1ccccc1. The third-order valence-corrected chi connectivity index (χ3v) is 3.20. The molecule has 0 fully saturated rings. The maximum atomic E-state index is 4.43. The fraction of sp³-hybridized carbons (Fsp3) is 0.0625. The van der Waals surface area contributed by atoms with E-state index in [4.69, 9.17) is 0 Å². The molecule has 2 rings (SSSR count). The molecule has 0 aliphatic heterocycles. The summed E-state index contributed by atoms with van der Waals surface area (Å²) in [5.74, 6) is 0. The van der Waals surface area contributed by atoms with Crippen molar-refractivity contribution in [3.63, 3.8) is 0 Å². The van der Waals surface area contributed by atoms with Crippen LogP contribution in [0.1, 0.15) is 16.7 Å². The van der Waals surface area contributed by atoms with Gasteiger partial charge in [0.05, 0.1) is 5.70 Å². The first-order valence-electron chi connectivity index (χ1n) is 5.71. The van der Waals surface area contributed by atoms with E-state index >= 15 is 0 Å². The Hall–Kier alpha value is -1.67. The van der Waals surface area contributed by atoms with Crippen LogP contribution >= 0.6 is 15.9 Å².